The minimum absolute atomic E-state index is 0.0241. The lowest BCUT2D eigenvalue weighted by atomic mass is 10.1. The predicted molar refractivity (Wildman–Crippen MR) is 132 cm³/mol. The highest BCUT2D eigenvalue weighted by Gasteiger charge is 2.47. The number of fused-ring (bicyclic) bond motifs is 1. The van der Waals surface area contributed by atoms with Crippen molar-refractivity contribution in [1.82, 2.24) is 24.4 Å². The SMILES string of the molecule is CC(Nc1nc(N)ncc1C(=O)N1CC(F)(F)C1)c1nc2cccc(Cl)c2c(=O)n1-c1ccccc1. The molecule has 3 N–H and O–H groups in total. The molecule has 0 spiro atoms. The number of benzene rings is 2. The van der Waals surface area contributed by atoms with Crippen LogP contribution in [0.25, 0.3) is 16.6 Å². The highest BCUT2D eigenvalue weighted by atomic mass is 35.5. The second kappa shape index (κ2) is 8.83. The number of nitrogens with zero attached hydrogens (tertiary/aromatic N) is 5. The van der Waals surface area contributed by atoms with Crippen molar-refractivity contribution in [2.45, 2.75) is 18.9 Å². The van der Waals surface area contributed by atoms with E-state index in [-0.39, 0.29) is 33.3 Å². The van der Waals surface area contributed by atoms with E-state index in [4.69, 9.17) is 22.3 Å². The van der Waals surface area contributed by atoms with Crippen LogP contribution in [0.5, 0.6) is 0 Å². The van der Waals surface area contributed by atoms with Crippen LogP contribution >= 0.6 is 11.6 Å². The number of halogens is 3. The van der Waals surface area contributed by atoms with Crippen molar-refractivity contribution in [1.29, 1.82) is 0 Å². The molecule has 0 bridgehead atoms. The number of carbonyl (C=O) groups is 1. The van der Waals surface area contributed by atoms with Crippen LogP contribution in [0.3, 0.4) is 0 Å². The molecule has 9 nitrogen and oxygen atoms in total. The second-order valence-electron chi connectivity index (χ2n) is 8.45. The predicted octanol–water partition coefficient (Wildman–Crippen LogP) is 3.68. The number of nitrogen functional groups attached to an aromatic ring is 1. The van der Waals surface area contributed by atoms with Gasteiger partial charge in [-0.15, -0.1) is 0 Å². The van der Waals surface area contributed by atoms with Gasteiger partial charge in [0, 0.05) is 6.20 Å². The van der Waals surface area contributed by atoms with Crippen molar-refractivity contribution in [3.8, 4) is 5.69 Å². The van der Waals surface area contributed by atoms with Crippen molar-refractivity contribution >= 4 is 40.2 Å². The van der Waals surface area contributed by atoms with E-state index in [0.29, 0.717) is 17.0 Å². The van der Waals surface area contributed by atoms with Gasteiger partial charge in [-0.1, -0.05) is 35.9 Å². The lowest BCUT2D eigenvalue weighted by Crippen LogP contribution is -2.58. The van der Waals surface area contributed by atoms with Crippen molar-refractivity contribution < 1.29 is 13.6 Å². The van der Waals surface area contributed by atoms with Gasteiger partial charge in [-0.05, 0) is 31.2 Å². The normalized spacial score (nSPS) is 15.4. The number of anilines is 2. The largest absolute Gasteiger partial charge is 0.368 e. The molecule has 4 aromatic rings. The van der Waals surface area contributed by atoms with Crippen LogP contribution in [0.2, 0.25) is 5.02 Å². The zero-order valence-electron chi connectivity index (χ0n) is 19.0. The average Bonchev–Trinajstić information content (AvgIpc) is 2.82. The van der Waals surface area contributed by atoms with Crippen LogP contribution < -0.4 is 16.6 Å². The number of para-hydroxylation sites is 1. The summed E-state index contributed by atoms with van der Waals surface area (Å²) in [6.45, 7) is 0.347. The van der Waals surface area contributed by atoms with E-state index in [2.05, 4.69) is 15.3 Å². The first kappa shape index (κ1) is 23.6. The zero-order valence-corrected chi connectivity index (χ0v) is 19.7. The molecule has 36 heavy (non-hydrogen) atoms. The van der Waals surface area contributed by atoms with Crippen molar-refractivity contribution in [2.24, 2.45) is 0 Å². The summed E-state index contributed by atoms with van der Waals surface area (Å²) in [6.07, 6.45) is 1.19. The first-order valence-corrected chi connectivity index (χ1v) is 11.4. The fraction of sp³-hybridized carbons (Fsp3) is 0.208. The number of hydrogen-bond acceptors (Lipinski definition) is 7. The van der Waals surface area contributed by atoms with E-state index in [1.165, 1.54) is 10.8 Å². The van der Waals surface area contributed by atoms with Gasteiger partial charge in [-0.2, -0.15) is 4.98 Å². The third-order valence-corrected chi connectivity index (χ3v) is 6.11. The lowest BCUT2D eigenvalue weighted by molar-refractivity contribution is -0.113. The summed E-state index contributed by atoms with van der Waals surface area (Å²) in [4.78, 5) is 40.1. The summed E-state index contributed by atoms with van der Waals surface area (Å²) in [5.74, 6) is -3.35. The van der Waals surface area contributed by atoms with Gasteiger partial charge >= 0.3 is 0 Å². The molecule has 0 saturated carbocycles. The molecule has 1 aliphatic heterocycles. The molecule has 2 aromatic heterocycles. The quantitative estimate of drug-likeness (QED) is 0.419. The minimum atomic E-state index is -2.92. The van der Waals surface area contributed by atoms with E-state index in [1.807, 2.05) is 6.07 Å². The molecule has 0 aliphatic carbocycles. The first-order chi connectivity index (χ1) is 17.1. The summed E-state index contributed by atoms with van der Waals surface area (Å²) < 4.78 is 28.1. The van der Waals surface area contributed by atoms with Gasteiger partial charge < -0.3 is 16.0 Å². The van der Waals surface area contributed by atoms with Crippen LogP contribution in [0.4, 0.5) is 20.5 Å². The van der Waals surface area contributed by atoms with Gasteiger partial charge in [-0.25, -0.2) is 18.7 Å². The topological polar surface area (TPSA) is 119 Å². The molecular formula is C24H20ClF2N7O2. The van der Waals surface area contributed by atoms with Crippen LogP contribution in [0, 0.1) is 0 Å². The molecule has 184 valence electrons. The highest BCUT2D eigenvalue weighted by Crippen LogP contribution is 2.30. The fourth-order valence-electron chi connectivity index (χ4n) is 4.08. The summed E-state index contributed by atoms with van der Waals surface area (Å²) in [5.41, 5.74) is 6.30. The first-order valence-electron chi connectivity index (χ1n) is 11.0. The molecule has 1 aliphatic rings. The number of nitrogens with one attached hydrogen (secondary N) is 1. The summed E-state index contributed by atoms with van der Waals surface area (Å²) >= 11 is 6.33. The number of carbonyl (C=O) groups excluding carboxylic acids is 1. The standard InChI is InChI=1S/C24H20ClF2N7O2/c1-13(30-19-15(10-29-23(28)32-19)21(35)33-11-24(26,27)12-33)20-31-17-9-5-8-16(25)18(17)22(36)34(20)14-6-3-2-4-7-14/h2-10,13H,11-12H2,1H3,(H3,28,29,30,32). The monoisotopic (exact) mass is 511 g/mol. The maximum Gasteiger partial charge on any atom is 0.282 e. The summed E-state index contributed by atoms with van der Waals surface area (Å²) in [5, 5.41) is 3.60. The zero-order chi connectivity index (χ0) is 25.6. The van der Waals surface area contributed by atoms with Gasteiger partial charge in [0.2, 0.25) is 5.95 Å². The molecule has 12 heteroatoms. The van der Waals surface area contributed by atoms with Crippen LogP contribution in [-0.2, 0) is 0 Å². The van der Waals surface area contributed by atoms with E-state index in [9.17, 15) is 18.4 Å². The lowest BCUT2D eigenvalue weighted by Gasteiger charge is -2.38. The molecule has 1 fully saturated rings. The molecule has 1 unspecified atom stereocenters. The fourth-order valence-corrected chi connectivity index (χ4v) is 4.33. The molecule has 5 rings (SSSR count). The van der Waals surface area contributed by atoms with Gasteiger partial charge in [0.25, 0.3) is 17.4 Å². The highest BCUT2D eigenvalue weighted by molar-refractivity contribution is 6.35. The number of nitrogens with two attached hydrogens (primary N) is 1. The van der Waals surface area contributed by atoms with Crippen LogP contribution in [0.1, 0.15) is 29.1 Å². The maximum atomic E-state index is 13.6. The number of alkyl halides is 2. The average molecular weight is 512 g/mol. The van der Waals surface area contributed by atoms with E-state index >= 15 is 0 Å². The maximum absolute atomic E-state index is 13.6. The Morgan fingerprint density at radius 3 is 2.56 bits per heavy atom. The Morgan fingerprint density at radius 1 is 1.14 bits per heavy atom. The summed E-state index contributed by atoms with van der Waals surface area (Å²) in [7, 11) is 0. The number of rotatable bonds is 5. The third kappa shape index (κ3) is 4.22. The van der Waals surface area contributed by atoms with Gasteiger partial charge in [0.05, 0.1) is 40.7 Å². The third-order valence-electron chi connectivity index (χ3n) is 5.80. The Morgan fingerprint density at radius 2 is 1.86 bits per heavy atom. The Balaban J connectivity index is 1.59. The van der Waals surface area contributed by atoms with Crippen LogP contribution in [-0.4, -0.2) is 49.3 Å². The van der Waals surface area contributed by atoms with Gasteiger partial charge in [0.15, 0.2) is 0 Å². The van der Waals surface area contributed by atoms with E-state index in [1.54, 1.807) is 49.4 Å². The molecule has 1 atom stereocenters. The molecule has 0 radical (unpaired) electrons. The van der Waals surface area contributed by atoms with Gasteiger partial charge in [0.1, 0.15) is 17.2 Å². The number of amides is 1. The van der Waals surface area contributed by atoms with Crippen LogP contribution in [0.15, 0.2) is 59.5 Å². The molecule has 1 saturated heterocycles. The Labute approximate surface area is 208 Å². The Bertz CT molecular complexity index is 1540. The molecular weight excluding hydrogens is 492 g/mol. The van der Waals surface area contributed by atoms with Crippen molar-refractivity contribution in [3.05, 3.63) is 81.5 Å². The van der Waals surface area contributed by atoms with E-state index in [0.717, 1.165) is 4.90 Å². The number of likely N-dealkylation sites (tertiary alicyclic amines) is 1. The molecule has 1 amide bonds. The van der Waals surface area contributed by atoms with E-state index < -0.39 is 31.0 Å². The van der Waals surface area contributed by atoms with Crippen molar-refractivity contribution in [3.63, 3.8) is 0 Å². The number of hydrogen-bond donors (Lipinski definition) is 2. The van der Waals surface area contributed by atoms with Gasteiger partial charge in [-0.3, -0.25) is 14.2 Å². The smallest absolute Gasteiger partial charge is 0.282 e. The number of aromatic nitrogens is 4. The summed E-state index contributed by atoms with van der Waals surface area (Å²) in [6, 6.07) is 13.2. The van der Waals surface area contributed by atoms with Crippen molar-refractivity contribution in [2.75, 3.05) is 24.1 Å². The molecule has 3 heterocycles. The Hall–Kier alpha value is -4.12. The Kier molecular flexibility index (Phi) is 5.79. The molecule has 2 aromatic carbocycles. The second-order valence-corrected chi connectivity index (χ2v) is 8.86. The minimum Gasteiger partial charge on any atom is -0.368 e.